The van der Waals surface area contributed by atoms with E-state index in [1.807, 2.05) is 0 Å². The van der Waals surface area contributed by atoms with Crippen LogP contribution < -0.4 is 5.73 Å². The van der Waals surface area contributed by atoms with Crippen LogP contribution in [0.15, 0.2) is 29.2 Å². The molecular formula is C14H23NS. The van der Waals surface area contributed by atoms with Gasteiger partial charge in [-0.05, 0) is 36.3 Å². The van der Waals surface area contributed by atoms with Gasteiger partial charge in [-0.15, -0.1) is 11.8 Å². The van der Waals surface area contributed by atoms with Gasteiger partial charge in [-0.3, -0.25) is 0 Å². The van der Waals surface area contributed by atoms with Crippen molar-refractivity contribution < 1.29 is 0 Å². The third kappa shape index (κ3) is 4.58. The number of rotatable bonds is 6. The van der Waals surface area contributed by atoms with Gasteiger partial charge in [-0.2, -0.15) is 0 Å². The molecule has 0 saturated heterocycles. The summed E-state index contributed by atoms with van der Waals surface area (Å²) in [6.45, 7) is 4.53. The van der Waals surface area contributed by atoms with Gasteiger partial charge in [0.2, 0.25) is 0 Å². The molecule has 0 amide bonds. The second-order valence-corrected chi connectivity index (χ2v) is 5.58. The van der Waals surface area contributed by atoms with E-state index in [2.05, 4.69) is 44.4 Å². The molecule has 0 fully saturated rings. The molecule has 16 heavy (non-hydrogen) atoms. The summed E-state index contributed by atoms with van der Waals surface area (Å²) >= 11 is 1.77. The van der Waals surface area contributed by atoms with Gasteiger partial charge in [0.1, 0.15) is 0 Å². The van der Waals surface area contributed by atoms with Crippen molar-refractivity contribution in [3.05, 3.63) is 29.8 Å². The minimum absolute atomic E-state index is 0.203. The Balaban J connectivity index is 2.43. The van der Waals surface area contributed by atoms with Gasteiger partial charge in [0.05, 0.1) is 0 Å². The summed E-state index contributed by atoms with van der Waals surface area (Å²) in [6, 6.07) is 8.83. The molecule has 0 aliphatic rings. The lowest BCUT2D eigenvalue weighted by atomic mass is 9.99. The first kappa shape index (κ1) is 13.6. The normalized spacial score (nSPS) is 13.1. The predicted molar refractivity (Wildman–Crippen MR) is 73.8 cm³/mol. The van der Waals surface area contributed by atoms with Crippen molar-refractivity contribution in [2.45, 2.75) is 44.0 Å². The Kier molecular flexibility index (Phi) is 5.93. The van der Waals surface area contributed by atoms with E-state index in [1.54, 1.807) is 11.8 Å². The fourth-order valence-electron chi connectivity index (χ4n) is 1.76. The monoisotopic (exact) mass is 237 g/mol. The third-order valence-corrected chi connectivity index (χ3v) is 3.58. The van der Waals surface area contributed by atoms with E-state index in [4.69, 9.17) is 5.73 Å². The van der Waals surface area contributed by atoms with Crippen LogP contribution in [-0.2, 0) is 0 Å². The molecule has 0 radical (unpaired) electrons. The van der Waals surface area contributed by atoms with Crippen LogP contribution in [0.25, 0.3) is 0 Å². The first-order valence-electron chi connectivity index (χ1n) is 6.03. The molecule has 1 nitrogen and oxygen atoms in total. The summed E-state index contributed by atoms with van der Waals surface area (Å²) in [5.41, 5.74) is 7.43. The number of hydrogen-bond acceptors (Lipinski definition) is 2. The van der Waals surface area contributed by atoms with Crippen LogP contribution in [0.2, 0.25) is 0 Å². The van der Waals surface area contributed by atoms with Gasteiger partial charge in [0.15, 0.2) is 0 Å². The number of hydrogen-bond donors (Lipinski definition) is 1. The van der Waals surface area contributed by atoms with Crippen molar-refractivity contribution in [3.63, 3.8) is 0 Å². The summed E-state index contributed by atoms with van der Waals surface area (Å²) in [5, 5.41) is 0. The first-order chi connectivity index (χ1) is 7.63. The van der Waals surface area contributed by atoms with Crippen LogP contribution >= 0.6 is 11.8 Å². The maximum Gasteiger partial charge on any atom is 0.0294 e. The summed E-state index contributed by atoms with van der Waals surface area (Å²) in [6.07, 6.45) is 5.69. The van der Waals surface area contributed by atoms with Crippen LogP contribution in [0, 0.1) is 5.92 Å². The molecule has 0 aliphatic heterocycles. The Morgan fingerprint density at radius 3 is 2.25 bits per heavy atom. The summed E-state index contributed by atoms with van der Waals surface area (Å²) in [5.74, 6) is 0.783. The maximum absolute atomic E-state index is 6.17. The summed E-state index contributed by atoms with van der Waals surface area (Å²) < 4.78 is 0. The Hall–Kier alpha value is -0.470. The molecule has 1 aromatic carbocycles. The van der Waals surface area contributed by atoms with Crippen molar-refractivity contribution >= 4 is 11.8 Å². The quantitative estimate of drug-likeness (QED) is 0.749. The third-order valence-electron chi connectivity index (χ3n) is 2.84. The highest BCUT2D eigenvalue weighted by molar-refractivity contribution is 7.98. The standard InChI is InChI=1S/C14H23NS/c1-11(2)5-4-6-14(15)12-7-9-13(16-3)10-8-12/h7-11,14H,4-6,15H2,1-3H3. The lowest BCUT2D eigenvalue weighted by molar-refractivity contribution is 0.505. The smallest absolute Gasteiger partial charge is 0.0294 e. The molecule has 90 valence electrons. The van der Waals surface area contributed by atoms with Gasteiger partial charge in [0.25, 0.3) is 0 Å². The van der Waals surface area contributed by atoms with E-state index < -0.39 is 0 Å². The molecule has 1 unspecified atom stereocenters. The average molecular weight is 237 g/mol. The molecule has 2 N–H and O–H groups in total. The van der Waals surface area contributed by atoms with E-state index in [0.29, 0.717) is 0 Å². The fourth-order valence-corrected chi connectivity index (χ4v) is 2.17. The molecule has 2 heteroatoms. The van der Waals surface area contributed by atoms with Crippen LogP contribution in [-0.4, -0.2) is 6.26 Å². The molecule has 0 aromatic heterocycles. The topological polar surface area (TPSA) is 26.0 Å². The molecule has 1 atom stereocenters. The van der Waals surface area contributed by atoms with Gasteiger partial charge in [-0.1, -0.05) is 38.8 Å². The highest BCUT2D eigenvalue weighted by Crippen LogP contribution is 2.21. The first-order valence-corrected chi connectivity index (χ1v) is 7.25. The van der Waals surface area contributed by atoms with E-state index in [0.717, 1.165) is 12.3 Å². The molecule has 1 aromatic rings. The molecule has 0 saturated carbocycles. The number of thioether (sulfide) groups is 1. The van der Waals surface area contributed by atoms with Crippen LogP contribution in [0.3, 0.4) is 0 Å². The maximum atomic E-state index is 6.17. The zero-order chi connectivity index (χ0) is 12.0. The lowest BCUT2D eigenvalue weighted by Gasteiger charge is -2.13. The summed E-state index contributed by atoms with van der Waals surface area (Å²) in [4.78, 5) is 1.30. The Morgan fingerprint density at radius 1 is 1.12 bits per heavy atom. The average Bonchev–Trinajstić information content (AvgIpc) is 2.28. The van der Waals surface area contributed by atoms with Crippen LogP contribution in [0.4, 0.5) is 0 Å². The number of benzene rings is 1. The van der Waals surface area contributed by atoms with Gasteiger partial charge >= 0.3 is 0 Å². The Morgan fingerprint density at radius 2 is 1.75 bits per heavy atom. The second-order valence-electron chi connectivity index (χ2n) is 4.70. The minimum atomic E-state index is 0.203. The van der Waals surface area contributed by atoms with Crippen molar-refractivity contribution in [2.75, 3.05) is 6.26 Å². The van der Waals surface area contributed by atoms with Crippen molar-refractivity contribution in [2.24, 2.45) is 11.7 Å². The Bertz CT molecular complexity index is 292. The number of nitrogens with two attached hydrogens (primary N) is 1. The van der Waals surface area contributed by atoms with E-state index in [1.165, 1.54) is 23.3 Å². The highest BCUT2D eigenvalue weighted by Gasteiger charge is 2.06. The zero-order valence-corrected chi connectivity index (χ0v) is 11.4. The largest absolute Gasteiger partial charge is 0.324 e. The summed E-state index contributed by atoms with van der Waals surface area (Å²) in [7, 11) is 0. The van der Waals surface area contributed by atoms with Gasteiger partial charge < -0.3 is 5.73 Å². The molecule has 0 spiro atoms. The predicted octanol–water partition coefficient (Wildman–Crippen LogP) is 4.23. The van der Waals surface area contributed by atoms with Crippen molar-refractivity contribution in [1.82, 2.24) is 0 Å². The molecule has 0 bridgehead atoms. The SMILES string of the molecule is CSc1ccc(C(N)CCCC(C)C)cc1. The van der Waals surface area contributed by atoms with Crippen LogP contribution in [0.1, 0.15) is 44.7 Å². The second kappa shape index (κ2) is 6.97. The van der Waals surface area contributed by atoms with E-state index in [9.17, 15) is 0 Å². The lowest BCUT2D eigenvalue weighted by Crippen LogP contribution is -2.10. The molecule has 1 rings (SSSR count). The van der Waals surface area contributed by atoms with E-state index in [-0.39, 0.29) is 6.04 Å². The zero-order valence-electron chi connectivity index (χ0n) is 10.6. The van der Waals surface area contributed by atoms with Gasteiger partial charge in [0, 0.05) is 10.9 Å². The molecule has 0 aliphatic carbocycles. The van der Waals surface area contributed by atoms with Crippen molar-refractivity contribution in [1.29, 1.82) is 0 Å². The van der Waals surface area contributed by atoms with Gasteiger partial charge in [-0.25, -0.2) is 0 Å². The minimum Gasteiger partial charge on any atom is -0.324 e. The van der Waals surface area contributed by atoms with E-state index >= 15 is 0 Å². The van der Waals surface area contributed by atoms with Crippen LogP contribution in [0.5, 0.6) is 0 Å². The Labute approximate surface area is 104 Å². The van der Waals surface area contributed by atoms with Crippen molar-refractivity contribution in [3.8, 4) is 0 Å². The fraction of sp³-hybridized carbons (Fsp3) is 0.571. The molecule has 0 heterocycles. The highest BCUT2D eigenvalue weighted by atomic mass is 32.2. The molecular weight excluding hydrogens is 214 g/mol.